The number of hydrogen-bond acceptors (Lipinski definition) is 5. The number of halogens is 3. The van der Waals surface area contributed by atoms with Gasteiger partial charge in [-0.2, -0.15) is 13.2 Å². The number of aromatic nitrogens is 3. The lowest BCUT2D eigenvalue weighted by molar-refractivity contribution is -0.381. The maximum Gasteiger partial charge on any atom is 0.423 e. The van der Waals surface area contributed by atoms with Crippen LogP contribution in [-0.4, -0.2) is 60.0 Å². The second-order valence-corrected chi connectivity index (χ2v) is 8.24. The van der Waals surface area contributed by atoms with Crippen molar-refractivity contribution in [1.29, 1.82) is 0 Å². The van der Waals surface area contributed by atoms with Gasteiger partial charge in [0, 0.05) is 57.4 Å². The smallest absolute Gasteiger partial charge is 0.364 e. The lowest BCUT2D eigenvalue weighted by Crippen LogP contribution is -2.50. The Kier molecular flexibility index (Phi) is 6.18. The van der Waals surface area contributed by atoms with E-state index < -0.39 is 17.3 Å². The summed E-state index contributed by atoms with van der Waals surface area (Å²) in [6.07, 6.45) is 0.255. The third-order valence-corrected chi connectivity index (χ3v) is 6.38. The third kappa shape index (κ3) is 4.62. The summed E-state index contributed by atoms with van der Waals surface area (Å²) in [6.45, 7) is 3.41. The number of aromatic amines is 2. The minimum atomic E-state index is -4.70. The molecule has 4 rings (SSSR count). The fraction of sp³-hybridized carbons (Fsp3) is 0.524. The molecule has 0 spiro atoms. The second kappa shape index (κ2) is 8.89. The van der Waals surface area contributed by atoms with Crippen molar-refractivity contribution in [3.8, 4) is 0 Å². The molecule has 2 aromatic rings. The molecule has 8 nitrogen and oxygen atoms in total. The molecule has 32 heavy (non-hydrogen) atoms. The molecular formula is C21H26F3N6O2+. The topological polar surface area (TPSA) is 95.5 Å². The predicted octanol–water partition coefficient (Wildman–Crippen LogP) is 1.42. The van der Waals surface area contributed by atoms with Gasteiger partial charge in [0.15, 0.2) is 6.20 Å². The van der Waals surface area contributed by atoms with E-state index >= 15 is 0 Å². The lowest BCUT2D eigenvalue weighted by atomic mass is 10.1. The molecular weight excluding hydrogens is 425 g/mol. The largest absolute Gasteiger partial charge is 0.423 e. The first-order chi connectivity index (χ1) is 15.3. The predicted molar refractivity (Wildman–Crippen MR) is 110 cm³/mol. The number of carbonyl (C=O) groups is 1. The van der Waals surface area contributed by atoms with Crippen molar-refractivity contribution in [1.82, 2.24) is 20.2 Å². The van der Waals surface area contributed by atoms with Gasteiger partial charge in [0.05, 0.1) is 0 Å². The Morgan fingerprint density at radius 3 is 2.56 bits per heavy atom. The number of rotatable bonds is 4. The molecule has 1 aliphatic carbocycles. The summed E-state index contributed by atoms with van der Waals surface area (Å²) in [5.74, 6) is 0.136. The Hall–Kier alpha value is -2.95. The molecule has 11 heteroatoms. The molecule has 1 aliphatic heterocycles. The number of carbonyl (C=O) groups excluding carboxylic acids is 1. The molecule has 1 saturated heterocycles. The zero-order valence-electron chi connectivity index (χ0n) is 17.7. The zero-order chi connectivity index (χ0) is 22.9. The van der Waals surface area contributed by atoms with Crippen LogP contribution in [0.25, 0.3) is 0 Å². The molecule has 1 saturated carbocycles. The highest BCUT2D eigenvalue weighted by Gasteiger charge is 2.37. The third-order valence-electron chi connectivity index (χ3n) is 6.38. The van der Waals surface area contributed by atoms with Gasteiger partial charge in [-0.25, -0.2) is 9.97 Å². The zero-order valence-corrected chi connectivity index (χ0v) is 17.7. The molecule has 2 aromatic heterocycles. The van der Waals surface area contributed by atoms with Crippen molar-refractivity contribution in [3.63, 3.8) is 0 Å². The van der Waals surface area contributed by atoms with Crippen LogP contribution < -0.4 is 20.8 Å². The normalized spacial score (nSPS) is 22.2. The van der Waals surface area contributed by atoms with Crippen LogP contribution in [0.1, 0.15) is 47.1 Å². The van der Waals surface area contributed by atoms with Gasteiger partial charge < -0.3 is 15.2 Å². The molecule has 2 fully saturated rings. The van der Waals surface area contributed by atoms with E-state index in [2.05, 4.69) is 30.1 Å². The second-order valence-electron chi connectivity index (χ2n) is 8.24. The Morgan fingerprint density at radius 2 is 1.97 bits per heavy atom. The Morgan fingerprint density at radius 1 is 1.22 bits per heavy atom. The molecule has 3 heterocycles. The first-order valence-electron chi connectivity index (χ1n) is 10.7. The first-order valence-corrected chi connectivity index (χ1v) is 10.7. The van der Waals surface area contributed by atoms with Crippen LogP contribution in [0, 0.1) is 0 Å². The number of alkyl halides is 3. The number of anilines is 1. The van der Waals surface area contributed by atoms with E-state index in [0.29, 0.717) is 23.8 Å². The van der Waals surface area contributed by atoms with E-state index in [0.717, 1.165) is 51.1 Å². The number of piperazine rings is 1. The molecule has 3 N–H and O–H groups in total. The lowest BCUT2D eigenvalue weighted by Gasteiger charge is -2.38. The Bertz CT molecular complexity index is 1020. The fourth-order valence-corrected chi connectivity index (χ4v) is 4.59. The van der Waals surface area contributed by atoms with Gasteiger partial charge >= 0.3 is 12.1 Å². The summed E-state index contributed by atoms with van der Waals surface area (Å²) < 4.78 is 38.4. The molecule has 172 valence electrons. The van der Waals surface area contributed by atoms with E-state index in [9.17, 15) is 22.8 Å². The van der Waals surface area contributed by atoms with Gasteiger partial charge in [0.2, 0.25) is 0 Å². The number of H-pyrrole nitrogens is 2. The van der Waals surface area contributed by atoms with Crippen LogP contribution in [-0.2, 0) is 6.18 Å². The molecule has 2 aliphatic rings. The minimum absolute atomic E-state index is 0.0418. The number of nitrogens with zero attached hydrogens (tertiary/aromatic N) is 3. The van der Waals surface area contributed by atoms with E-state index in [1.54, 1.807) is 13.1 Å². The van der Waals surface area contributed by atoms with Gasteiger partial charge in [0.1, 0.15) is 17.1 Å². The van der Waals surface area contributed by atoms with Gasteiger partial charge in [-0.1, -0.05) is 0 Å². The number of amides is 1. The van der Waals surface area contributed by atoms with Crippen molar-refractivity contribution >= 4 is 11.6 Å². The summed E-state index contributed by atoms with van der Waals surface area (Å²) in [6, 6.07) is 4.01. The van der Waals surface area contributed by atoms with Crippen molar-refractivity contribution in [2.45, 2.75) is 37.4 Å². The minimum Gasteiger partial charge on any atom is -0.364 e. The maximum absolute atomic E-state index is 12.8. The monoisotopic (exact) mass is 451 g/mol. The maximum atomic E-state index is 12.8. The molecule has 1 amide bonds. The summed E-state index contributed by atoms with van der Waals surface area (Å²) in [4.78, 5) is 37.4. The number of hydrogen-bond donors (Lipinski definition) is 2. The van der Waals surface area contributed by atoms with Crippen LogP contribution in [0.3, 0.4) is 0 Å². The summed E-state index contributed by atoms with van der Waals surface area (Å²) in [7, 11) is 1.59. The SMILES string of the molecule is CNC(=O)c1ccc(N2CCN([C@H]3CC[C@@H](c4ncc(C(F)(F)F)c(=O)[nH]4)C3)CC2)c[nH+]1. The van der Waals surface area contributed by atoms with Crippen LogP contribution in [0.4, 0.5) is 18.9 Å². The Labute approximate surface area is 182 Å². The molecule has 2 atom stereocenters. The quantitative estimate of drug-likeness (QED) is 0.733. The van der Waals surface area contributed by atoms with Crippen LogP contribution in [0.2, 0.25) is 0 Å². The van der Waals surface area contributed by atoms with Crippen LogP contribution in [0.5, 0.6) is 0 Å². The molecule has 0 aromatic carbocycles. The summed E-state index contributed by atoms with van der Waals surface area (Å²) in [5, 5.41) is 2.58. The number of nitrogens with one attached hydrogen (secondary N) is 3. The van der Waals surface area contributed by atoms with Crippen LogP contribution >= 0.6 is 0 Å². The molecule has 0 bridgehead atoms. The highest BCUT2D eigenvalue weighted by molar-refractivity contribution is 5.90. The first kappa shape index (κ1) is 22.3. The van der Waals surface area contributed by atoms with E-state index in [-0.39, 0.29) is 11.8 Å². The van der Waals surface area contributed by atoms with E-state index in [4.69, 9.17) is 0 Å². The summed E-state index contributed by atoms with van der Waals surface area (Å²) in [5.41, 5.74) is -0.860. The van der Waals surface area contributed by atoms with Gasteiger partial charge in [-0.15, -0.1) is 0 Å². The van der Waals surface area contributed by atoms with Crippen molar-refractivity contribution in [2.24, 2.45) is 0 Å². The van der Waals surface area contributed by atoms with E-state index in [1.165, 1.54) is 0 Å². The average Bonchev–Trinajstić information content (AvgIpc) is 3.28. The van der Waals surface area contributed by atoms with E-state index in [1.807, 2.05) is 12.3 Å². The highest BCUT2D eigenvalue weighted by Crippen LogP contribution is 2.36. The van der Waals surface area contributed by atoms with Crippen LogP contribution in [0.15, 0.2) is 29.3 Å². The Balaban J connectivity index is 1.33. The van der Waals surface area contributed by atoms with Crippen molar-refractivity contribution < 1.29 is 22.9 Å². The summed E-state index contributed by atoms with van der Waals surface area (Å²) >= 11 is 0. The highest BCUT2D eigenvalue weighted by atomic mass is 19.4. The van der Waals surface area contributed by atoms with Crippen molar-refractivity contribution in [2.75, 3.05) is 38.1 Å². The number of pyridine rings is 1. The van der Waals surface area contributed by atoms with Gasteiger partial charge in [-0.05, 0) is 25.3 Å². The molecule has 0 unspecified atom stereocenters. The fourth-order valence-electron chi connectivity index (χ4n) is 4.59. The average molecular weight is 451 g/mol. The van der Waals surface area contributed by atoms with Gasteiger partial charge in [-0.3, -0.25) is 14.5 Å². The molecule has 0 radical (unpaired) electrons. The van der Waals surface area contributed by atoms with Gasteiger partial charge in [0.25, 0.3) is 11.3 Å². The standard InChI is InChI=1S/C21H25F3N6O2/c1-25-20(32)17-5-4-15(11-26-17)30-8-6-29(7-9-30)14-3-2-13(10-14)18-27-12-16(19(31)28-18)21(22,23)24/h4-5,11-14H,2-3,6-10H2,1H3,(H,25,32)(H,27,28,31)/p+1/t13-,14+/m1/s1. The van der Waals surface area contributed by atoms with Crippen molar-refractivity contribution in [3.05, 3.63) is 52.0 Å².